The number of pyridine rings is 1. The fourth-order valence-electron chi connectivity index (χ4n) is 4.03. The van der Waals surface area contributed by atoms with Crippen LogP contribution >= 0.6 is 0 Å². The molecule has 7 nitrogen and oxygen atoms in total. The van der Waals surface area contributed by atoms with Crippen molar-refractivity contribution in [1.82, 2.24) is 9.88 Å². The maximum absolute atomic E-state index is 13.4. The lowest BCUT2D eigenvalue weighted by molar-refractivity contribution is -0.124. The van der Waals surface area contributed by atoms with Crippen LogP contribution in [0.1, 0.15) is 30.0 Å². The number of benzene rings is 2. The molecule has 34 heavy (non-hydrogen) atoms. The number of nitrogens with zero attached hydrogens (tertiary/aromatic N) is 3. The van der Waals surface area contributed by atoms with Crippen molar-refractivity contribution in [3.63, 3.8) is 0 Å². The van der Waals surface area contributed by atoms with E-state index < -0.39 is 12.1 Å². The minimum Gasteiger partial charge on any atom is -0.326 e. The van der Waals surface area contributed by atoms with Gasteiger partial charge in [-0.05, 0) is 67.3 Å². The van der Waals surface area contributed by atoms with Crippen LogP contribution in [0.15, 0.2) is 73.1 Å². The fourth-order valence-corrected chi connectivity index (χ4v) is 4.03. The van der Waals surface area contributed by atoms with Gasteiger partial charge in [0.15, 0.2) is 0 Å². The number of carbonyl (C=O) groups is 3. The Morgan fingerprint density at radius 2 is 1.62 bits per heavy atom. The van der Waals surface area contributed by atoms with Crippen LogP contribution in [-0.4, -0.2) is 40.3 Å². The van der Waals surface area contributed by atoms with Crippen molar-refractivity contribution in [3.8, 4) is 0 Å². The summed E-state index contributed by atoms with van der Waals surface area (Å²) >= 11 is 0. The van der Waals surface area contributed by atoms with E-state index in [-0.39, 0.29) is 18.2 Å². The number of amides is 4. The molecule has 4 rings (SSSR count). The number of hydrogen-bond acceptors (Lipinski definition) is 4. The number of aromatic nitrogens is 1. The van der Waals surface area contributed by atoms with Crippen molar-refractivity contribution in [2.45, 2.75) is 39.2 Å². The molecular formula is C27H28N4O3. The fraction of sp³-hybridized carbons (Fsp3) is 0.259. The average Bonchev–Trinajstić information content (AvgIpc) is 3.08. The summed E-state index contributed by atoms with van der Waals surface area (Å²) in [6, 6.07) is 17.3. The highest BCUT2D eigenvalue weighted by atomic mass is 16.2. The minimum absolute atomic E-state index is 0.112. The molecule has 1 N–H and O–H groups in total. The molecule has 1 saturated heterocycles. The first-order valence-corrected chi connectivity index (χ1v) is 11.4. The summed E-state index contributed by atoms with van der Waals surface area (Å²) in [6.45, 7) is 4.33. The molecule has 2 aromatic carbocycles. The monoisotopic (exact) mass is 456 g/mol. The number of rotatable bonds is 8. The quantitative estimate of drug-likeness (QED) is 0.511. The molecule has 0 unspecified atom stereocenters. The Kier molecular flexibility index (Phi) is 7.01. The predicted molar refractivity (Wildman–Crippen MR) is 132 cm³/mol. The lowest BCUT2D eigenvalue weighted by atomic mass is 10.1. The second kappa shape index (κ2) is 10.3. The zero-order chi connectivity index (χ0) is 24.1. The van der Waals surface area contributed by atoms with Gasteiger partial charge in [-0.1, -0.05) is 36.8 Å². The highest BCUT2D eigenvalue weighted by Gasteiger charge is 2.46. The highest BCUT2D eigenvalue weighted by Crippen LogP contribution is 2.28. The van der Waals surface area contributed by atoms with Crippen molar-refractivity contribution >= 4 is 29.2 Å². The first-order chi connectivity index (χ1) is 16.5. The van der Waals surface area contributed by atoms with Crippen LogP contribution < -0.4 is 10.2 Å². The molecule has 4 amide bonds. The molecule has 3 aromatic rings. The normalized spacial score (nSPS) is 15.6. The van der Waals surface area contributed by atoms with Crippen LogP contribution in [0.4, 0.5) is 16.2 Å². The number of nitrogens with one attached hydrogen (secondary N) is 1. The predicted octanol–water partition coefficient (Wildman–Crippen LogP) is 4.36. The van der Waals surface area contributed by atoms with Crippen molar-refractivity contribution < 1.29 is 14.4 Å². The van der Waals surface area contributed by atoms with Gasteiger partial charge in [0.05, 0.1) is 12.1 Å². The van der Waals surface area contributed by atoms with Crippen LogP contribution in [0.2, 0.25) is 0 Å². The highest BCUT2D eigenvalue weighted by molar-refractivity contribution is 6.22. The number of anilines is 2. The van der Waals surface area contributed by atoms with Gasteiger partial charge in [-0.25, -0.2) is 9.69 Å². The molecule has 1 fully saturated rings. The molecule has 0 spiro atoms. The summed E-state index contributed by atoms with van der Waals surface area (Å²) in [7, 11) is 0. The molecule has 0 aliphatic carbocycles. The van der Waals surface area contributed by atoms with Crippen molar-refractivity contribution in [2.24, 2.45) is 0 Å². The third-order valence-electron chi connectivity index (χ3n) is 6.03. The summed E-state index contributed by atoms with van der Waals surface area (Å²) in [5.41, 5.74) is 4.38. The Morgan fingerprint density at radius 1 is 0.941 bits per heavy atom. The van der Waals surface area contributed by atoms with Gasteiger partial charge in [0, 0.05) is 24.6 Å². The molecule has 2 heterocycles. The van der Waals surface area contributed by atoms with Gasteiger partial charge in [0.1, 0.15) is 6.04 Å². The van der Waals surface area contributed by atoms with E-state index in [1.165, 1.54) is 15.4 Å². The molecule has 0 bridgehead atoms. The number of imide groups is 1. The maximum atomic E-state index is 13.4. The van der Waals surface area contributed by atoms with Crippen molar-refractivity contribution in [2.75, 3.05) is 16.8 Å². The second-order valence-corrected chi connectivity index (χ2v) is 8.41. The SMILES string of the molecule is CCc1ccc(NC(=O)C[C@H]2C(=O)N(c3ccc(C)cc3)C(=O)N2CCc2ccncc2)cc1. The summed E-state index contributed by atoms with van der Waals surface area (Å²) in [5, 5.41) is 2.86. The lowest BCUT2D eigenvalue weighted by Crippen LogP contribution is -2.39. The third-order valence-corrected chi connectivity index (χ3v) is 6.03. The molecule has 0 radical (unpaired) electrons. The molecule has 1 aliphatic rings. The zero-order valence-electron chi connectivity index (χ0n) is 19.4. The van der Waals surface area contributed by atoms with Gasteiger partial charge in [-0.3, -0.25) is 14.6 Å². The van der Waals surface area contributed by atoms with E-state index in [0.717, 1.165) is 17.5 Å². The van der Waals surface area contributed by atoms with Crippen LogP contribution in [0, 0.1) is 6.92 Å². The molecule has 174 valence electrons. The number of carbonyl (C=O) groups excluding carboxylic acids is 3. The summed E-state index contributed by atoms with van der Waals surface area (Å²) in [6.07, 6.45) is 4.74. The van der Waals surface area contributed by atoms with Crippen molar-refractivity contribution in [1.29, 1.82) is 0 Å². The Bertz CT molecular complexity index is 1160. The number of hydrogen-bond donors (Lipinski definition) is 1. The van der Waals surface area contributed by atoms with Gasteiger partial charge in [-0.2, -0.15) is 0 Å². The number of urea groups is 1. The van der Waals surface area contributed by atoms with Crippen molar-refractivity contribution in [3.05, 3.63) is 89.7 Å². The molecule has 1 aromatic heterocycles. The maximum Gasteiger partial charge on any atom is 0.332 e. The first kappa shape index (κ1) is 23.2. The van der Waals surface area contributed by atoms with Crippen LogP contribution in [0.25, 0.3) is 0 Å². The topological polar surface area (TPSA) is 82.6 Å². The first-order valence-electron chi connectivity index (χ1n) is 11.4. The van der Waals surface area contributed by atoms with Crippen LogP contribution in [-0.2, 0) is 22.4 Å². The van der Waals surface area contributed by atoms with E-state index >= 15 is 0 Å². The van der Waals surface area contributed by atoms with E-state index in [4.69, 9.17) is 0 Å². The standard InChI is InChI=1S/C27H28N4O3/c1-3-20-6-8-22(9-7-20)29-25(32)18-24-26(33)31(23-10-4-19(2)5-11-23)27(34)30(24)17-14-21-12-15-28-16-13-21/h4-13,15-16,24H,3,14,17-18H2,1-2H3,(H,29,32)/t24-/m0/s1. The third kappa shape index (κ3) is 5.14. The second-order valence-electron chi connectivity index (χ2n) is 8.41. The van der Waals surface area contributed by atoms with Gasteiger partial charge in [0.25, 0.3) is 5.91 Å². The van der Waals surface area contributed by atoms with Gasteiger partial charge in [0.2, 0.25) is 5.91 Å². The average molecular weight is 457 g/mol. The molecule has 0 saturated carbocycles. The Labute approximate surface area is 199 Å². The van der Waals surface area contributed by atoms with E-state index in [1.807, 2.05) is 55.5 Å². The van der Waals surface area contributed by atoms with Gasteiger partial charge >= 0.3 is 6.03 Å². The lowest BCUT2D eigenvalue weighted by Gasteiger charge is -2.21. The largest absolute Gasteiger partial charge is 0.332 e. The summed E-state index contributed by atoms with van der Waals surface area (Å²) in [5.74, 6) is -0.699. The number of aryl methyl sites for hydroxylation is 2. The van der Waals surface area contributed by atoms with Gasteiger partial charge < -0.3 is 10.2 Å². The molecule has 1 atom stereocenters. The van der Waals surface area contributed by atoms with E-state index in [1.54, 1.807) is 24.5 Å². The van der Waals surface area contributed by atoms with Gasteiger partial charge in [-0.15, -0.1) is 0 Å². The van der Waals surface area contributed by atoms with E-state index in [2.05, 4.69) is 17.2 Å². The summed E-state index contributed by atoms with van der Waals surface area (Å²) in [4.78, 5) is 46.3. The summed E-state index contributed by atoms with van der Waals surface area (Å²) < 4.78 is 0. The van der Waals surface area contributed by atoms with Crippen LogP contribution in [0.5, 0.6) is 0 Å². The Hall–Kier alpha value is -4.00. The zero-order valence-corrected chi connectivity index (χ0v) is 19.4. The minimum atomic E-state index is -0.870. The molecule has 7 heteroatoms. The molecular weight excluding hydrogens is 428 g/mol. The van der Waals surface area contributed by atoms with Crippen LogP contribution in [0.3, 0.4) is 0 Å². The molecule has 1 aliphatic heterocycles. The smallest absolute Gasteiger partial charge is 0.326 e. The Balaban J connectivity index is 1.53. The Morgan fingerprint density at radius 3 is 2.26 bits per heavy atom. The van der Waals surface area contributed by atoms with E-state index in [0.29, 0.717) is 24.3 Å². The van der Waals surface area contributed by atoms with E-state index in [9.17, 15) is 14.4 Å².